The van der Waals surface area contributed by atoms with Crippen molar-refractivity contribution in [3.8, 4) is 0 Å². The Labute approximate surface area is 156 Å². The molecule has 0 radical (unpaired) electrons. The number of hydrogen-bond donors (Lipinski definition) is 2. The van der Waals surface area contributed by atoms with Gasteiger partial charge in [-0.15, -0.1) is 0 Å². The lowest BCUT2D eigenvalue weighted by atomic mass is 9.89. The van der Waals surface area contributed by atoms with E-state index in [9.17, 15) is 5.11 Å². The van der Waals surface area contributed by atoms with E-state index in [0.29, 0.717) is 19.7 Å². The number of rotatable bonds is 9. The van der Waals surface area contributed by atoms with Crippen LogP contribution in [0, 0.1) is 0 Å². The highest BCUT2D eigenvalue weighted by atomic mass is 16.5. The number of likely N-dealkylation sites (N-methyl/N-ethyl adjacent to an activating group) is 1. The third-order valence-corrected chi connectivity index (χ3v) is 5.02. The summed E-state index contributed by atoms with van der Waals surface area (Å²) >= 11 is 0. The average molecular weight is 358 g/mol. The van der Waals surface area contributed by atoms with Gasteiger partial charge < -0.3 is 19.6 Å². The summed E-state index contributed by atoms with van der Waals surface area (Å²) < 4.78 is 11.5. The molecule has 5 heteroatoms. The van der Waals surface area contributed by atoms with E-state index in [1.807, 2.05) is 26.2 Å². The molecule has 0 unspecified atom stereocenters. The minimum atomic E-state index is -0.525. The lowest BCUT2D eigenvalue weighted by Crippen LogP contribution is -2.36. The van der Waals surface area contributed by atoms with Crippen molar-refractivity contribution in [2.45, 2.75) is 37.5 Å². The van der Waals surface area contributed by atoms with Crippen LogP contribution in [-0.4, -0.2) is 49.9 Å². The van der Waals surface area contributed by atoms with Gasteiger partial charge in [0.15, 0.2) is 0 Å². The highest BCUT2D eigenvalue weighted by Crippen LogP contribution is 2.32. The maximum absolute atomic E-state index is 10.3. The summed E-state index contributed by atoms with van der Waals surface area (Å²) in [7, 11) is 4.05. The standard InChI is InChI=1S/C21H30N2O3/c1-23(2)19(21-11-6-12-25-21)14-22-13-17(24)15-26-20-10-5-8-16-7-3-4-9-18(16)20/h3-4,6-7,9,11-12,17,19-20,22,24H,5,8,10,13-15H2,1-2H3/t17-,19-,20+/m0/s1. The Bertz CT molecular complexity index is 657. The Morgan fingerprint density at radius 3 is 2.85 bits per heavy atom. The van der Waals surface area contributed by atoms with E-state index in [-0.39, 0.29) is 12.1 Å². The van der Waals surface area contributed by atoms with Crippen molar-refractivity contribution in [2.75, 3.05) is 33.8 Å². The van der Waals surface area contributed by atoms with Crippen LogP contribution in [-0.2, 0) is 11.2 Å². The fraction of sp³-hybridized carbons (Fsp3) is 0.524. The Hall–Kier alpha value is -1.66. The molecule has 0 amide bonds. The summed E-state index contributed by atoms with van der Waals surface area (Å²) in [5.41, 5.74) is 2.66. The number of aryl methyl sites for hydroxylation is 1. The predicted octanol–water partition coefficient (Wildman–Crippen LogP) is 2.93. The van der Waals surface area contributed by atoms with Crippen LogP contribution in [0.2, 0.25) is 0 Å². The van der Waals surface area contributed by atoms with Gasteiger partial charge in [0.05, 0.1) is 31.1 Å². The van der Waals surface area contributed by atoms with Crippen LogP contribution in [0.3, 0.4) is 0 Å². The number of nitrogens with zero attached hydrogens (tertiary/aromatic N) is 1. The Kier molecular flexibility index (Phi) is 6.86. The molecule has 2 aromatic rings. The summed E-state index contributed by atoms with van der Waals surface area (Å²) in [5, 5.41) is 13.6. The normalized spacial score (nSPS) is 19.3. The number of benzene rings is 1. The fourth-order valence-electron chi connectivity index (χ4n) is 3.57. The molecule has 1 aliphatic rings. The highest BCUT2D eigenvalue weighted by Gasteiger charge is 2.21. The van der Waals surface area contributed by atoms with E-state index in [4.69, 9.17) is 9.15 Å². The van der Waals surface area contributed by atoms with Gasteiger partial charge in [0.1, 0.15) is 5.76 Å². The minimum Gasteiger partial charge on any atom is -0.468 e. The van der Waals surface area contributed by atoms with Crippen molar-refractivity contribution >= 4 is 0 Å². The lowest BCUT2D eigenvalue weighted by Gasteiger charge is -2.27. The van der Waals surface area contributed by atoms with Crippen molar-refractivity contribution < 1.29 is 14.3 Å². The van der Waals surface area contributed by atoms with E-state index in [1.165, 1.54) is 11.1 Å². The van der Waals surface area contributed by atoms with Crippen molar-refractivity contribution in [3.63, 3.8) is 0 Å². The number of ether oxygens (including phenoxy) is 1. The third-order valence-electron chi connectivity index (χ3n) is 5.02. The van der Waals surface area contributed by atoms with Gasteiger partial charge in [0.25, 0.3) is 0 Å². The predicted molar refractivity (Wildman–Crippen MR) is 102 cm³/mol. The molecular weight excluding hydrogens is 328 g/mol. The molecule has 2 N–H and O–H groups in total. The molecular formula is C21H30N2O3. The number of aliphatic hydroxyl groups excluding tert-OH is 1. The van der Waals surface area contributed by atoms with Gasteiger partial charge in [-0.25, -0.2) is 0 Å². The van der Waals surface area contributed by atoms with Gasteiger partial charge in [-0.3, -0.25) is 4.90 Å². The van der Waals surface area contributed by atoms with Crippen molar-refractivity contribution in [2.24, 2.45) is 0 Å². The molecule has 3 rings (SSSR count). The van der Waals surface area contributed by atoms with Crippen LogP contribution >= 0.6 is 0 Å². The van der Waals surface area contributed by atoms with E-state index in [0.717, 1.165) is 25.0 Å². The molecule has 26 heavy (non-hydrogen) atoms. The Morgan fingerprint density at radius 1 is 1.23 bits per heavy atom. The van der Waals surface area contributed by atoms with E-state index in [1.54, 1.807) is 6.26 Å². The molecule has 0 aliphatic heterocycles. The van der Waals surface area contributed by atoms with E-state index >= 15 is 0 Å². The molecule has 5 nitrogen and oxygen atoms in total. The SMILES string of the molecule is CN(C)[C@@H](CNC[C@H](O)CO[C@@H]1CCCc2ccccc21)c1ccco1. The number of furan rings is 1. The molecule has 0 saturated heterocycles. The molecule has 0 bridgehead atoms. The van der Waals surface area contributed by atoms with Gasteiger partial charge in [-0.2, -0.15) is 0 Å². The minimum absolute atomic E-state index is 0.104. The third kappa shape index (κ3) is 4.95. The second kappa shape index (κ2) is 9.33. The summed E-state index contributed by atoms with van der Waals surface area (Å²) in [6.45, 7) is 1.56. The molecule has 3 atom stereocenters. The zero-order valence-corrected chi connectivity index (χ0v) is 15.7. The first-order valence-corrected chi connectivity index (χ1v) is 9.43. The van der Waals surface area contributed by atoms with Crippen LogP contribution in [0.15, 0.2) is 47.1 Å². The zero-order valence-electron chi connectivity index (χ0n) is 15.7. The van der Waals surface area contributed by atoms with Gasteiger partial charge in [0, 0.05) is 13.1 Å². The number of aliphatic hydroxyl groups is 1. The Morgan fingerprint density at radius 2 is 2.08 bits per heavy atom. The highest BCUT2D eigenvalue weighted by molar-refractivity contribution is 5.31. The van der Waals surface area contributed by atoms with Gasteiger partial charge in [-0.1, -0.05) is 24.3 Å². The molecule has 0 saturated carbocycles. The van der Waals surface area contributed by atoms with Crippen LogP contribution < -0.4 is 5.32 Å². The first-order valence-electron chi connectivity index (χ1n) is 9.43. The van der Waals surface area contributed by atoms with Crippen LogP contribution in [0.4, 0.5) is 0 Å². The van der Waals surface area contributed by atoms with Gasteiger partial charge in [-0.05, 0) is 56.6 Å². The maximum atomic E-state index is 10.3. The molecule has 1 aromatic heterocycles. The maximum Gasteiger partial charge on any atom is 0.122 e. The largest absolute Gasteiger partial charge is 0.468 e. The number of hydrogen-bond acceptors (Lipinski definition) is 5. The number of nitrogens with one attached hydrogen (secondary N) is 1. The average Bonchev–Trinajstić information content (AvgIpc) is 3.17. The first kappa shape index (κ1) is 19.1. The summed E-state index contributed by atoms with van der Waals surface area (Å²) in [5.74, 6) is 0.923. The van der Waals surface area contributed by atoms with Crippen molar-refractivity contribution in [1.29, 1.82) is 0 Å². The van der Waals surface area contributed by atoms with E-state index < -0.39 is 6.10 Å². The summed E-state index contributed by atoms with van der Waals surface area (Å²) in [6, 6.07) is 12.5. The topological polar surface area (TPSA) is 57.9 Å². The fourth-order valence-corrected chi connectivity index (χ4v) is 3.57. The van der Waals surface area contributed by atoms with Crippen LogP contribution in [0.5, 0.6) is 0 Å². The van der Waals surface area contributed by atoms with Crippen molar-refractivity contribution in [3.05, 3.63) is 59.5 Å². The molecule has 142 valence electrons. The molecule has 1 heterocycles. The van der Waals surface area contributed by atoms with Gasteiger partial charge >= 0.3 is 0 Å². The molecule has 1 aliphatic carbocycles. The quantitative estimate of drug-likeness (QED) is 0.722. The van der Waals surface area contributed by atoms with E-state index in [2.05, 4.69) is 34.5 Å². The molecule has 0 spiro atoms. The smallest absolute Gasteiger partial charge is 0.122 e. The second-order valence-corrected chi connectivity index (χ2v) is 7.22. The monoisotopic (exact) mass is 358 g/mol. The zero-order chi connectivity index (χ0) is 18.4. The summed E-state index contributed by atoms with van der Waals surface area (Å²) in [6.07, 6.45) is 4.56. The van der Waals surface area contributed by atoms with Crippen LogP contribution in [0.25, 0.3) is 0 Å². The molecule has 1 aromatic carbocycles. The summed E-state index contributed by atoms with van der Waals surface area (Å²) in [4.78, 5) is 2.10. The molecule has 0 fully saturated rings. The lowest BCUT2D eigenvalue weighted by molar-refractivity contribution is -0.0170. The van der Waals surface area contributed by atoms with Crippen molar-refractivity contribution in [1.82, 2.24) is 10.2 Å². The number of fused-ring (bicyclic) bond motifs is 1. The first-order chi connectivity index (χ1) is 12.6. The second-order valence-electron chi connectivity index (χ2n) is 7.22. The van der Waals surface area contributed by atoms with Crippen LogP contribution in [0.1, 0.15) is 41.9 Å². The Balaban J connectivity index is 1.43. The van der Waals surface area contributed by atoms with Gasteiger partial charge in [0.2, 0.25) is 0 Å².